The molecule has 19 heavy (non-hydrogen) atoms. The van der Waals surface area contributed by atoms with Crippen molar-refractivity contribution in [1.29, 1.82) is 0 Å². The maximum atomic E-state index is 13.8. The van der Waals surface area contributed by atoms with Gasteiger partial charge in [0.15, 0.2) is 0 Å². The minimum atomic E-state index is -0.571. The van der Waals surface area contributed by atoms with Crippen LogP contribution >= 0.6 is 0 Å². The summed E-state index contributed by atoms with van der Waals surface area (Å²) in [6, 6.07) is 6.54. The molecular formula is C14H12FN3O. The highest BCUT2D eigenvalue weighted by Crippen LogP contribution is 2.46. The lowest BCUT2D eigenvalue weighted by Crippen LogP contribution is -2.35. The molecule has 3 rings (SSSR count). The lowest BCUT2D eigenvalue weighted by molar-refractivity contribution is 0.0929. The van der Waals surface area contributed by atoms with E-state index >= 15 is 0 Å². The number of carbonyl (C=O) groups is 1. The molecule has 1 aliphatic carbocycles. The number of benzene rings is 1. The number of rotatable bonds is 3. The summed E-state index contributed by atoms with van der Waals surface area (Å²) in [5.74, 6) is -0.564. The van der Waals surface area contributed by atoms with Gasteiger partial charge < -0.3 is 5.32 Å². The molecule has 1 fully saturated rings. The van der Waals surface area contributed by atoms with Gasteiger partial charge in [0.2, 0.25) is 0 Å². The Hall–Kier alpha value is -2.30. The number of amides is 1. The van der Waals surface area contributed by atoms with E-state index in [1.807, 2.05) is 0 Å². The van der Waals surface area contributed by atoms with E-state index in [4.69, 9.17) is 0 Å². The van der Waals surface area contributed by atoms with Crippen molar-refractivity contribution in [3.63, 3.8) is 0 Å². The summed E-state index contributed by atoms with van der Waals surface area (Å²) in [5.41, 5.74) is 0.350. The Morgan fingerprint density at radius 2 is 1.89 bits per heavy atom. The molecule has 0 unspecified atom stereocenters. The molecule has 1 aromatic carbocycles. The zero-order valence-electron chi connectivity index (χ0n) is 10.1. The Morgan fingerprint density at radius 1 is 1.21 bits per heavy atom. The lowest BCUT2D eigenvalue weighted by Gasteiger charge is -2.18. The number of hydrogen-bond donors (Lipinski definition) is 1. The van der Waals surface area contributed by atoms with Crippen LogP contribution in [0, 0.1) is 5.82 Å². The number of aromatic nitrogens is 2. The standard InChI is InChI=1S/C14H12FN3O/c15-12-4-2-1-3-11(12)14(5-6-14)18-13(19)10-7-16-9-17-8-10/h1-4,7-9H,5-6H2,(H,18,19). The summed E-state index contributed by atoms with van der Waals surface area (Å²) in [7, 11) is 0. The molecule has 0 bridgehead atoms. The maximum absolute atomic E-state index is 13.8. The zero-order chi connectivity index (χ0) is 13.3. The Morgan fingerprint density at radius 3 is 2.53 bits per heavy atom. The molecule has 1 heterocycles. The quantitative estimate of drug-likeness (QED) is 0.915. The maximum Gasteiger partial charge on any atom is 0.255 e. The van der Waals surface area contributed by atoms with Crippen LogP contribution in [-0.2, 0) is 5.54 Å². The van der Waals surface area contributed by atoms with E-state index in [1.165, 1.54) is 24.8 Å². The first kappa shape index (κ1) is 11.8. The SMILES string of the molecule is O=C(NC1(c2ccccc2F)CC1)c1cncnc1. The van der Waals surface area contributed by atoms with E-state index < -0.39 is 5.54 Å². The topological polar surface area (TPSA) is 54.9 Å². The number of nitrogens with zero attached hydrogens (tertiary/aromatic N) is 2. The van der Waals surface area contributed by atoms with Crippen molar-refractivity contribution in [3.8, 4) is 0 Å². The van der Waals surface area contributed by atoms with Gasteiger partial charge in [0, 0.05) is 18.0 Å². The van der Waals surface area contributed by atoms with E-state index in [1.54, 1.807) is 18.2 Å². The fraction of sp³-hybridized carbons (Fsp3) is 0.214. The Bertz CT molecular complexity index is 611. The van der Waals surface area contributed by atoms with Gasteiger partial charge in [-0.2, -0.15) is 0 Å². The van der Waals surface area contributed by atoms with Crippen molar-refractivity contribution in [2.75, 3.05) is 0 Å². The molecule has 5 heteroatoms. The van der Waals surface area contributed by atoms with Gasteiger partial charge in [-0.1, -0.05) is 18.2 Å². The van der Waals surface area contributed by atoms with Crippen LogP contribution in [0.15, 0.2) is 43.0 Å². The molecule has 0 aliphatic heterocycles. The predicted molar refractivity (Wildman–Crippen MR) is 66.8 cm³/mol. The first-order chi connectivity index (χ1) is 9.21. The zero-order valence-corrected chi connectivity index (χ0v) is 10.1. The Balaban J connectivity index is 1.84. The van der Waals surface area contributed by atoms with Gasteiger partial charge in [0.25, 0.3) is 5.91 Å². The van der Waals surface area contributed by atoms with E-state index in [0.29, 0.717) is 11.1 Å². The third-order valence-electron chi connectivity index (χ3n) is 3.31. The van der Waals surface area contributed by atoms with E-state index in [9.17, 15) is 9.18 Å². The number of hydrogen-bond acceptors (Lipinski definition) is 3. The highest BCUT2D eigenvalue weighted by molar-refractivity contribution is 5.94. The van der Waals surface area contributed by atoms with Crippen molar-refractivity contribution >= 4 is 5.91 Å². The van der Waals surface area contributed by atoms with Crippen LogP contribution < -0.4 is 5.32 Å². The second kappa shape index (κ2) is 4.42. The monoisotopic (exact) mass is 257 g/mol. The average Bonchev–Trinajstić information content (AvgIpc) is 3.21. The summed E-state index contributed by atoms with van der Waals surface area (Å²) >= 11 is 0. The van der Waals surface area contributed by atoms with Crippen LogP contribution in [0.25, 0.3) is 0 Å². The van der Waals surface area contributed by atoms with Gasteiger partial charge in [0.05, 0.1) is 11.1 Å². The summed E-state index contributed by atoms with van der Waals surface area (Å²) in [4.78, 5) is 19.7. The number of carbonyl (C=O) groups excluding carboxylic acids is 1. The molecule has 1 aromatic heterocycles. The van der Waals surface area contributed by atoms with Crippen LogP contribution in [0.2, 0.25) is 0 Å². The lowest BCUT2D eigenvalue weighted by atomic mass is 10.0. The third kappa shape index (κ3) is 2.19. The fourth-order valence-electron chi connectivity index (χ4n) is 2.14. The predicted octanol–water partition coefficient (Wildman–Crippen LogP) is 2.03. The Kier molecular flexibility index (Phi) is 2.74. The van der Waals surface area contributed by atoms with Gasteiger partial charge in [-0.25, -0.2) is 14.4 Å². The van der Waals surface area contributed by atoms with E-state index in [-0.39, 0.29) is 11.7 Å². The van der Waals surface area contributed by atoms with E-state index in [2.05, 4.69) is 15.3 Å². The number of nitrogens with one attached hydrogen (secondary N) is 1. The normalized spacial score (nSPS) is 15.8. The minimum absolute atomic E-state index is 0.277. The molecule has 1 N–H and O–H groups in total. The van der Waals surface area contributed by atoms with Crippen molar-refractivity contribution < 1.29 is 9.18 Å². The van der Waals surface area contributed by atoms with Gasteiger partial charge >= 0.3 is 0 Å². The minimum Gasteiger partial charge on any atom is -0.342 e. The third-order valence-corrected chi connectivity index (χ3v) is 3.31. The highest BCUT2D eigenvalue weighted by Gasteiger charge is 2.47. The summed E-state index contributed by atoms with van der Waals surface area (Å²) in [5, 5.41) is 2.88. The van der Waals surface area contributed by atoms with Gasteiger partial charge in [-0.3, -0.25) is 4.79 Å². The molecule has 2 aromatic rings. The molecule has 0 spiro atoms. The van der Waals surface area contributed by atoms with Crippen molar-refractivity contribution in [2.24, 2.45) is 0 Å². The van der Waals surface area contributed by atoms with E-state index in [0.717, 1.165) is 12.8 Å². The number of halogens is 1. The first-order valence-corrected chi connectivity index (χ1v) is 6.04. The average molecular weight is 257 g/mol. The molecule has 96 valence electrons. The molecule has 1 saturated carbocycles. The molecular weight excluding hydrogens is 245 g/mol. The largest absolute Gasteiger partial charge is 0.342 e. The van der Waals surface area contributed by atoms with Crippen LogP contribution in [0.5, 0.6) is 0 Å². The van der Waals surface area contributed by atoms with Crippen LogP contribution in [0.1, 0.15) is 28.8 Å². The summed E-state index contributed by atoms with van der Waals surface area (Å²) in [6.07, 6.45) is 5.74. The second-order valence-corrected chi connectivity index (χ2v) is 4.64. The molecule has 4 nitrogen and oxygen atoms in total. The molecule has 1 aliphatic rings. The van der Waals surface area contributed by atoms with Crippen molar-refractivity contribution in [2.45, 2.75) is 18.4 Å². The highest BCUT2D eigenvalue weighted by atomic mass is 19.1. The van der Waals surface area contributed by atoms with Crippen molar-refractivity contribution in [3.05, 3.63) is 59.9 Å². The van der Waals surface area contributed by atoms with Crippen LogP contribution in [0.4, 0.5) is 4.39 Å². The van der Waals surface area contributed by atoms with Gasteiger partial charge in [0.1, 0.15) is 12.1 Å². The second-order valence-electron chi connectivity index (χ2n) is 4.64. The molecule has 1 amide bonds. The first-order valence-electron chi connectivity index (χ1n) is 6.04. The molecule has 0 saturated heterocycles. The molecule has 0 atom stereocenters. The summed E-state index contributed by atoms with van der Waals surface area (Å²) < 4.78 is 13.8. The Labute approximate surface area is 109 Å². The fourth-order valence-corrected chi connectivity index (χ4v) is 2.14. The molecule has 0 radical (unpaired) electrons. The van der Waals surface area contributed by atoms with Crippen molar-refractivity contribution in [1.82, 2.24) is 15.3 Å². The smallest absolute Gasteiger partial charge is 0.255 e. The summed E-state index contributed by atoms with van der Waals surface area (Å²) in [6.45, 7) is 0. The van der Waals surface area contributed by atoms with Crippen LogP contribution in [0.3, 0.4) is 0 Å². The van der Waals surface area contributed by atoms with Gasteiger partial charge in [-0.15, -0.1) is 0 Å². The van der Waals surface area contributed by atoms with Gasteiger partial charge in [-0.05, 0) is 18.9 Å². The van der Waals surface area contributed by atoms with Crippen LogP contribution in [-0.4, -0.2) is 15.9 Å².